The second-order valence-corrected chi connectivity index (χ2v) is 5.52. The molecule has 0 aromatic heterocycles. The molecule has 0 saturated carbocycles. The van der Waals surface area contributed by atoms with Crippen LogP contribution in [0.5, 0.6) is 17.2 Å². The predicted molar refractivity (Wildman–Crippen MR) is 83.4 cm³/mol. The number of benzene rings is 1. The van der Waals surface area contributed by atoms with E-state index in [4.69, 9.17) is 19.9 Å². The van der Waals surface area contributed by atoms with Gasteiger partial charge in [0.05, 0.1) is 19.3 Å². The summed E-state index contributed by atoms with van der Waals surface area (Å²) in [5.41, 5.74) is 6.93. The van der Waals surface area contributed by atoms with E-state index in [2.05, 4.69) is 13.8 Å². The summed E-state index contributed by atoms with van der Waals surface area (Å²) in [6, 6.07) is 3.15. The molecule has 0 amide bonds. The third-order valence-electron chi connectivity index (χ3n) is 3.52. The minimum absolute atomic E-state index is 0. The lowest BCUT2D eigenvalue weighted by molar-refractivity contribution is 0.128. The maximum absolute atomic E-state index is 10.2. The highest BCUT2D eigenvalue weighted by atomic mass is 35.5. The van der Waals surface area contributed by atoms with E-state index in [1.165, 1.54) is 0 Å². The number of rotatable bonds is 6. The summed E-state index contributed by atoms with van der Waals surface area (Å²) < 4.78 is 16.0. The molecule has 1 aliphatic heterocycles. The Balaban J connectivity index is 0.00000220. The molecule has 3 N–H and O–H groups in total. The van der Waals surface area contributed by atoms with Crippen molar-refractivity contribution < 1.29 is 19.3 Å². The molecule has 0 radical (unpaired) electrons. The molecule has 21 heavy (non-hydrogen) atoms. The number of hydrogen-bond acceptors (Lipinski definition) is 5. The summed E-state index contributed by atoms with van der Waals surface area (Å²) in [6.07, 6.45) is 1.04. The summed E-state index contributed by atoms with van der Waals surface area (Å²) in [5.74, 6) is 2.34. The molecule has 0 aliphatic carbocycles. The number of aliphatic hydroxyl groups excluding tert-OH is 1. The van der Waals surface area contributed by atoms with Crippen molar-refractivity contribution in [3.05, 3.63) is 17.7 Å². The SMILES string of the molecule is COc1cc([C@H](N)[C@H](O)CCC(C)C)cc2c1OCO2.Cl. The minimum Gasteiger partial charge on any atom is -0.493 e. The van der Waals surface area contributed by atoms with Crippen LogP contribution >= 0.6 is 12.4 Å². The standard InChI is InChI=1S/C15H23NO4.ClH/c1-9(2)4-5-11(17)14(16)10-6-12(18-3)15-13(7-10)19-8-20-15;/h6-7,9,11,14,17H,4-5,8,16H2,1-3H3;1H/t11-,14+;/m1./s1. The zero-order valence-electron chi connectivity index (χ0n) is 12.7. The Hall–Kier alpha value is -1.17. The predicted octanol–water partition coefficient (Wildman–Crippen LogP) is 2.64. The second kappa shape index (κ2) is 7.73. The Morgan fingerprint density at radius 1 is 1.29 bits per heavy atom. The second-order valence-electron chi connectivity index (χ2n) is 5.52. The van der Waals surface area contributed by atoms with Gasteiger partial charge in [0, 0.05) is 0 Å². The Bertz CT molecular complexity index is 467. The summed E-state index contributed by atoms with van der Waals surface area (Å²) in [4.78, 5) is 0. The Morgan fingerprint density at radius 2 is 2.00 bits per heavy atom. The van der Waals surface area contributed by atoms with E-state index in [0.29, 0.717) is 29.6 Å². The van der Waals surface area contributed by atoms with Gasteiger partial charge in [-0.05, 0) is 36.5 Å². The molecule has 1 heterocycles. The van der Waals surface area contributed by atoms with E-state index in [0.717, 1.165) is 12.0 Å². The number of aliphatic hydroxyl groups is 1. The van der Waals surface area contributed by atoms with Crippen LogP contribution in [0, 0.1) is 5.92 Å². The highest BCUT2D eigenvalue weighted by Crippen LogP contribution is 2.43. The average molecular weight is 318 g/mol. The van der Waals surface area contributed by atoms with Crippen LogP contribution in [0.4, 0.5) is 0 Å². The first kappa shape index (κ1) is 17.9. The first-order valence-electron chi connectivity index (χ1n) is 6.94. The maximum Gasteiger partial charge on any atom is 0.231 e. The zero-order valence-corrected chi connectivity index (χ0v) is 13.5. The number of methoxy groups -OCH3 is 1. The van der Waals surface area contributed by atoms with Crippen LogP contribution in [-0.4, -0.2) is 25.1 Å². The normalized spacial score (nSPS) is 15.5. The van der Waals surface area contributed by atoms with Gasteiger partial charge >= 0.3 is 0 Å². The molecule has 5 nitrogen and oxygen atoms in total. The number of hydrogen-bond donors (Lipinski definition) is 2. The van der Waals surface area contributed by atoms with Gasteiger partial charge in [-0.1, -0.05) is 13.8 Å². The molecule has 1 aliphatic rings. The molecule has 6 heteroatoms. The summed E-state index contributed by atoms with van der Waals surface area (Å²) in [7, 11) is 1.57. The van der Waals surface area contributed by atoms with E-state index >= 15 is 0 Å². The molecule has 2 rings (SSSR count). The maximum atomic E-state index is 10.2. The Labute approximate surface area is 131 Å². The molecular weight excluding hydrogens is 294 g/mol. The molecule has 0 bridgehead atoms. The van der Waals surface area contributed by atoms with Crippen molar-refractivity contribution in [1.82, 2.24) is 0 Å². The van der Waals surface area contributed by atoms with E-state index < -0.39 is 12.1 Å². The monoisotopic (exact) mass is 317 g/mol. The molecule has 2 atom stereocenters. The molecule has 1 aromatic carbocycles. The van der Waals surface area contributed by atoms with Gasteiger partial charge in [0.15, 0.2) is 11.5 Å². The van der Waals surface area contributed by atoms with Gasteiger partial charge in [0.25, 0.3) is 0 Å². The van der Waals surface area contributed by atoms with Crippen LogP contribution in [0.15, 0.2) is 12.1 Å². The summed E-state index contributed by atoms with van der Waals surface area (Å²) in [5, 5.41) is 10.2. The van der Waals surface area contributed by atoms with Gasteiger partial charge in [-0.2, -0.15) is 0 Å². The molecule has 120 valence electrons. The lowest BCUT2D eigenvalue weighted by atomic mass is 9.95. The third-order valence-corrected chi connectivity index (χ3v) is 3.52. The number of ether oxygens (including phenoxy) is 3. The van der Waals surface area contributed by atoms with Crippen molar-refractivity contribution in [1.29, 1.82) is 0 Å². The largest absolute Gasteiger partial charge is 0.493 e. The van der Waals surface area contributed by atoms with E-state index in [1.807, 2.05) is 6.07 Å². The van der Waals surface area contributed by atoms with Crippen molar-refractivity contribution in [3.8, 4) is 17.2 Å². The van der Waals surface area contributed by atoms with Crippen LogP contribution in [-0.2, 0) is 0 Å². The summed E-state index contributed by atoms with van der Waals surface area (Å²) in [6.45, 7) is 4.43. The van der Waals surface area contributed by atoms with Crippen LogP contribution in [0.2, 0.25) is 0 Å². The Morgan fingerprint density at radius 3 is 2.62 bits per heavy atom. The summed E-state index contributed by atoms with van der Waals surface area (Å²) >= 11 is 0. The van der Waals surface area contributed by atoms with Crippen molar-refractivity contribution >= 4 is 12.4 Å². The number of halogens is 1. The quantitative estimate of drug-likeness (QED) is 0.843. The fraction of sp³-hybridized carbons (Fsp3) is 0.600. The minimum atomic E-state index is -0.581. The van der Waals surface area contributed by atoms with Crippen LogP contribution in [0.25, 0.3) is 0 Å². The molecule has 0 fully saturated rings. The van der Waals surface area contributed by atoms with Crippen molar-refractivity contribution in [2.24, 2.45) is 11.7 Å². The lowest BCUT2D eigenvalue weighted by Gasteiger charge is -2.21. The van der Waals surface area contributed by atoms with Crippen LogP contribution in [0.3, 0.4) is 0 Å². The zero-order chi connectivity index (χ0) is 14.7. The fourth-order valence-corrected chi connectivity index (χ4v) is 2.25. The number of fused-ring (bicyclic) bond motifs is 1. The van der Waals surface area contributed by atoms with Gasteiger partial charge < -0.3 is 25.1 Å². The first-order valence-corrected chi connectivity index (χ1v) is 6.94. The van der Waals surface area contributed by atoms with Crippen molar-refractivity contribution in [2.45, 2.75) is 38.8 Å². The van der Waals surface area contributed by atoms with Gasteiger partial charge in [-0.3, -0.25) is 0 Å². The molecule has 0 spiro atoms. The smallest absolute Gasteiger partial charge is 0.231 e. The van der Waals surface area contributed by atoms with E-state index in [9.17, 15) is 5.11 Å². The number of nitrogens with two attached hydrogens (primary N) is 1. The van der Waals surface area contributed by atoms with Gasteiger partial charge in [-0.15, -0.1) is 12.4 Å². The molecule has 0 saturated heterocycles. The molecular formula is C15H24ClNO4. The lowest BCUT2D eigenvalue weighted by Crippen LogP contribution is -2.26. The Kier molecular flexibility index (Phi) is 6.58. The fourth-order valence-electron chi connectivity index (χ4n) is 2.25. The topological polar surface area (TPSA) is 73.9 Å². The average Bonchev–Trinajstić information content (AvgIpc) is 2.90. The highest BCUT2D eigenvalue weighted by molar-refractivity contribution is 5.85. The van der Waals surface area contributed by atoms with Crippen molar-refractivity contribution in [2.75, 3.05) is 13.9 Å². The van der Waals surface area contributed by atoms with Crippen LogP contribution < -0.4 is 19.9 Å². The van der Waals surface area contributed by atoms with Crippen molar-refractivity contribution in [3.63, 3.8) is 0 Å². The first-order chi connectivity index (χ1) is 9.52. The molecule has 1 aromatic rings. The van der Waals surface area contributed by atoms with E-state index in [-0.39, 0.29) is 19.2 Å². The van der Waals surface area contributed by atoms with Gasteiger partial charge in [-0.25, -0.2) is 0 Å². The molecule has 0 unspecified atom stereocenters. The van der Waals surface area contributed by atoms with Gasteiger partial charge in [0.1, 0.15) is 0 Å². The third kappa shape index (κ3) is 4.15. The van der Waals surface area contributed by atoms with Crippen LogP contribution in [0.1, 0.15) is 38.3 Å². The van der Waals surface area contributed by atoms with E-state index in [1.54, 1.807) is 13.2 Å². The van der Waals surface area contributed by atoms with Gasteiger partial charge in [0.2, 0.25) is 12.5 Å². The highest BCUT2D eigenvalue weighted by Gasteiger charge is 2.24.